The van der Waals surface area contributed by atoms with E-state index in [2.05, 4.69) is 15.6 Å². The summed E-state index contributed by atoms with van der Waals surface area (Å²) < 4.78 is 27.1. The Morgan fingerprint density at radius 3 is 2.56 bits per heavy atom. The van der Waals surface area contributed by atoms with Gasteiger partial charge in [-0.25, -0.2) is 13.8 Å². The molecule has 7 heteroatoms. The van der Waals surface area contributed by atoms with Gasteiger partial charge in [-0.1, -0.05) is 18.2 Å². The summed E-state index contributed by atoms with van der Waals surface area (Å²) in [6.45, 7) is 1.67. The molecule has 1 amide bonds. The zero-order chi connectivity index (χ0) is 17.8. The summed E-state index contributed by atoms with van der Waals surface area (Å²) >= 11 is 1.55. The molecule has 0 saturated heterocycles. The lowest BCUT2D eigenvalue weighted by Gasteiger charge is -2.10. The third-order valence-electron chi connectivity index (χ3n) is 3.45. The zero-order valence-corrected chi connectivity index (χ0v) is 14.2. The van der Waals surface area contributed by atoms with Crippen LogP contribution in [0.5, 0.6) is 0 Å². The topological polar surface area (TPSA) is 54.0 Å². The fraction of sp³-hybridized carbons (Fsp3) is 0.111. The normalized spacial score (nSPS) is 10.5. The summed E-state index contributed by atoms with van der Waals surface area (Å²) in [5.74, 6) is -1.89. The maximum atomic E-state index is 13.5. The van der Waals surface area contributed by atoms with Crippen molar-refractivity contribution < 1.29 is 13.6 Å². The molecule has 0 aliphatic rings. The van der Waals surface area contributed by atoms with Crippen LogP contribution in [-0.4, -0.2) is 17.4 Å². The van der Waals surface area contributed by atoms with Crippen molar-refractivity contribution in [2.24, 2.45) is 0 Å². The number of benzene rings is 2. The summed E-state index contributed by atoms with van der Waals surface area (Å²) in [7, 11) is 0. The van der Waals surface area contributed by atoms with Crippen LogP contribution in [0.1, 0.15) is 5.01 Å². The lowest BCUT2D eigenvalue weighted by Crippen LogP contribution is -2.22. The van der Waals surface area contributed by atoms with E-state index >= 15 is 0 Å². The molecule has 0 atom stereocenters. The molecule has 0 aliphatic heterocycles. The summed E-state index contributed by atoms with van der Waals surface area (Å²) in [4.78, 5) is 16.4. The first kappa shape index (κ1) is 17.0. The number of aromatic nitrogens is 1. The molecule has 2 N–H and O–H groups in total. The van der Waals surface area contributed by atoms with Crippen LogP contribution in [0.2, 0.25) is 0 Å². The van der Waals surface area contributed by atoms with E-state index in [0.717, 1.165) is 28.4 Å². The lowest BCUT2D eigenvalue weighted by molar-refractivity contribution is -0.114. The minimum atomic E-state index is -0.742. The molecule has 0 saturated carbocycles. The van der Waals surface area contributed by atoms with E-state index in [4.69, 9.17) is 0 Å². The van der Waals surface area contributed by atoms with Gasteiger partial charge in [-0.2, -0.15) is 0 Å². The number of carbonyl (C=O) groups is 1. The highest BCUT2D eigenvalue weighted by molar-refractivity contribution is 7.09. The van der Waals surface area contributed by atoms with E-state index in [9.17, 15) is 13.6 Å². The van der Waals surface area contributed by atoms with Gasteiger partial charge in [-0.3, -0.25) is 4.79 Å². The Morgan fingerprint density at radius 1 is 1.16 bits per heavy atom. The second kappa shape index (κ2) is 7.40. The first-order valence-electron chi connectivity index (χ1n) is 7.53. The van der Waals surface area contributed by atoms with Crippen molar-refractivity contribution in [1.29, 1.82) is 0 Å². The minimum Gasteiger partial charge on any atom is -0.371 e. The molecule has 25 heavy (non-hydrogen) atoms. The number of nitrogens with zero attached hydrogens (tertiary/aromatic N) is 1. The number of nitrogens with one attached hydrogen (secondary N) is 2. The van der Waals surface area contributed by atoms with E-state index in [1.807, 2.05) is 24.4 Å². The highest BCUT2D eigenvalue weighted by Gasteiger charge is 2.10. The number of carbonyl (C=O) groups excluding carboxylic acids is 1. The number of thiazole rings is 1. The highest BCUT2D eigenvalue weighted by atomic mass is 32.1. The number of para-hydroxylation sites is 1. The van der Waals surface area contributed by atoms with Crippen LogP contribution in [0.25, 0.3) is 11.3 Å². The predicted octanol–water partition coefficient (Wildman–Crippen LogP) is 4.45. The van der Waals surface area contributed by atoms with Crippen LogP contribution in [0.4, 0.5) is 20.2 Å². The van der Waals surface area contributed by atoms with Gasteiger partial charge in [0.15, 0.2) is 0 Å². The van der Waals surface area contributed by atoms with E-state index in [1.165, 1.54) is 6.07 Å². The number of halogens is 2. The van der Waals surface area contributed by atoms with Gasteiger partial charge in [0.05, 0.1) is 17.2 Å². The largest absolute Gasteiger partial charge is 0.371 e. The smallest absolute Gasteiger partial charge is 0.243 e. The maximum Gasteiger partial charge on any atom is 0.243 e. The monoisotopic (exact) mass is 359 g/mol. The third-order valence-corrected chi connectivity index (χ3v) is 4.22. The number of amides is 1. The van der Waals surface area contributed by atoms with Gasteiger partial charge in [0.1, 0.15) is 17.3 Å². The van der Waals surface area contributed by atoms with E-state index < -0.39 is 17.5 Å². The lowest BCUT2D eigenvalue weighted by atomic mass is 10.1. The molecule has 4 nitrogen and oxygen atoms in total. The summed E-state index contributed by atoms with van der Waals surface area (Å²) in [6.07, 6.45) is 0. The van der Waals surface area contributed by atoms with Crippen molar-refractivity contribution >= 4 is 28.6 Å². The summed E-state index contributed by atoms with van der Waals surface area (Å²) in [6, 6.07) is 10.8. The molecule has 3 rings (SSSR count). The summed E-state index contributed by atoms with van der Waals surface area (Å²) in [5.41, 5.74) is 1.99. The van der Waals surface area contributed by atoms with Gasteiger partial charge in [-0.05, 0) is 31.2 Å². The van der Waals surface area contributed by atoms with Gasteiger partial charge in [0, 0.05) is 16.6 Å². The van der Waals surface area contributed by atoms with Crippen molar-refractivity contribution in [1.82, 2.24) is 4.98 Å². The standard InChI is InChI=1S/C18H15F2N3OS/c1-11-22-16(10-25-11)12-4-2-5-13(8-12)23-17(24)9-21-18-14(19)6-3-7-15(18)20/h2-8,10,21H,9H2,1H3,(H,23,24). The molecule has 3 aromatic rings. The molecule has 0 radical (unpaired) electrons. The Balaban J connectivity index is 1.65. The van der Waals surface area contributed by atoms with Crippen molar-refractivity contribution in [2.75, 3.05) is 17.2 Å². The Bertz CT molecular complexity index is 891. The molecular formula is C18H15F2N3OS. The first-order valence-corrected chi connectivity index (χ1v) is 8.41. The number of aryl methyl sites for hydroxylation is 1. The van der Waals surface area contributed by atoms with Crippen LogP contribution in [0.15, 0.2) is 47.8 Å². The average molecular weight is 359 g/mol. The van der Waals surface area contributed by atoms with Crippen LogP contribution in [0.3, 0.4) is 0 Å². The summed E-state index contributed by atoms with van der Waals surface area (Å²) in [5, 5.41) is 8.08. The van der Waals surface area contributed by atoms with Crippen molar-refractivity contribution in [3.05, 3.63) is 64.5 Å². The molecule has 2 aromatic carbocycles. The fourth-order valence-electron chi connectivity index (χ4n) is 2.29. The number of rotatable bonds is 5. The average Bonchev–Trinajstić information content (AvgIpc) is 3.01. The van der Waals surface area contributed by atoms with Gasteiger partial charge < -0.3 is 10.6 Å². The molecule has 0 bridgehead atoms. The second-order valence-electron chi connectivity index (χ2n) is 5.33. The van der Waals surface area contributed by atoms with Crippen molar-refractivity contribution in [3.8, 4) is 11.3 Å². The van der Waals surface area contributed by atoms with E-state index in [-0.39, 0.29) is 12.2 Å². The first-order chi connectivity index (χ1) is 12.0. The molecule has 0 spiro atoms. The Morgan fingerprint density at radius 2 is 1.88 bits per heavy atom. The molecule has 0 fully saturated rings. The predicted molar refractivity (Wildman–Crippen MR) is 95.8 cm³/mol. The molecule has 0 unspecified atom stereocenters. The maximum absolute atomic E-state index is 13.5. The highest BCUT2D eigenvalue weighted by Crippen LogP contribution is 2.24. The zero-order valence-electron chi connectivity index (χ0n) is 13.3. The molecule has 128 valence electrons. The van der Waals surface area contributed by atoms with Gasteiger partial charge >= 0.3 is 0 Å². The number of anilines is 2. The Hall–Kier alpha value is -2.80. The minimum absolute atomic E-state index is 0.252. The van der Waals surface area contributed by atoms with Gasteiger partial charge in [-0.15, -0.1) is 11.3 Å². The van der Waals surface area contributed by atoms with E-state index in [1.54, 1.807) is 23.5 Å². The van der Waals surface area contributed by atoms with Crippen LogP contribution < -0.4 is 10.6 Å². The van der Waals surface area contributed by atoms with Crippen LogP contribution in [-0.2, 0) is 4.79 Å². The quantitative estimate of drug-likeness (QED) is 0.708. The Labute approximate surface area is 147 Å². The van der Waals surface area contributed by atoms with Gasteiger partial charge in [0.2, 0.25) is 5.91 Å². The Kier molecular flexibility index (Phi) is 5.04. The number of hydrogen-bond donors (Lipinski definition) is 2. The van der Waals surface area contributed by atoms with Crippen molar-refractivity contribution in [2.45, 2.75) is 6.92 Å². The second-order valence-corrected chi connectivity index (χ2v) is 6.39. The molecule has 0 aliphatic carbocycles. The van der Waals surface area contributed by atoms with E-state index in [0.29, 0.717) is 5.69 Å². The molecule has 1 heterocycles. The van der Waals surface area contributed by atoms with Gasteiger partial charge in [0.25, 0.3) is 0 Å². The SMILES string of the molecule is Cc1nc(-c2cccc(NC(=O)CNc3c(F)cccc3F)c2)cs1. The fourth-order valence-corrected chi connectivity index (χ4v) is 2.91. The molecule has 1 aromatic heterocycles. The number of hydrogen-bond acceptors (Lipinski definition) is 4. The van der Waals surface area contributed by atoms with Crippen LogP contribution in [0, 0.1) is 18.6 Å². The van der Waals surface area contributed by atoms with Crippen LogP contribution >= 0.6 is 11.3 Å². The van der Waals surface area contributed by atoms with Crippen molar-refractivity contribution in [3.63, 3.8) is 0 Å². The molecular weight excluding hydrogens is 344 g/mol. The third kappa shape index (κ3) is 4.19.